The molecular weight excluding hydrogens is 226 g/mol. The number of imidazole rings is 1. The third-order valence-electron chi connectivity index (χ3n) is 1.61. The lowest BCUT2D eigenvalue weighted by atomic mass is 10.2. The van der Waals surface area contributed by atoms with Crippen LogP contribution >= 0.6 is 0 Å². The highest BCUT2D eigenvalue weighted by Gasteiger charge is 2.17. The molecule has 0 unspecified atom stereocenters. The van der Waals surface area contributed by atoms with E-state index in [1.165, 1.54) is 0 Å². The average Bonchev–Trinajstić information content (AvgIpc) is 2.51. The van der Waals surface area contributed by atoms with Gasteiger partial charge in [0.05, 0.1) is 0 Å². The van der Waals surface area contributed by atoms with Gasteiger partial charge in [0.25, 0.3) is 5.16 Å². The Morgan fingerprint density at radius 1 is 1.67 bits per heavy atom. The second kappa shape index (κ2) is 3.96. The molecule has 84 valence electrons. The van der Waals surface area contributed by atoms with Crippen LogP contribution in [0.1, 0.15) is 5.69 Å². The number of aliphatic carboxylic acids is 1. The van der Waals surface area contributed by atoms with Crippen molar-refractivity contribution in [2.75, 3.05) is 0 Å². The molecule has 1 aromatic heterocycles. The summed E-state index contributed by atoms with van der Waals surface area (Å²) in [6, 6.07) is -1.15. The SMILES string of the molecule is N[C@H](Cc1cnc(S(=O)(=O)O)[nH]1)C(=O)O. The molecule has 0 radical (unpaired) electrons. The predicted molar refractivity (Wildman–Crippen MR) is 47.7 cm³/mol. The number of aromatic amines is 1. The number of aromatic nitrogens is 2. The zero-order valence-corrected chi connectivity index (χ0v) is 8.23. The zero-order valence-electron chi connectivity index (χ0n) is 7.41. The van der Waals surface area contributed by atoms with Gasteiger partial charge in [-0.3, -0.25) is 9.35 Å². The topological polar surface area (TPSA) is 146 Å². The molecule has 0 saturated heterocycles. The smallest absolute Gasteiger partial charge is 0.328 e. The average molecular weight is 235 g/mol. The minimum absolute atomic E-state index is 0.0994. The molecule has 0 spiro atoms. The summed E-state index contributed by atoms with van der Waals surface area (Å²) in [5.41, 5.74) is 5.43. The van der Waals surface area contributed by atoms with Gasteiger partial charge in [-0.1, -0.05) is 0 Å². The maximum atomic E-state index is 10.6. The van der Waals surface area contributed by atoms with Crippen LogP contribution in [0, 0.1) is 0 Å². The molecule has 0 saturated carbocycles. The molecule has 5 N–H and O–H groups in total. The summed E-state index contributed by atoms with van der Waals surface area (Å²) in [5.74, 6) is -1.21. The predicted octanol–water partition coefficient (Wildman–Crippen LogP) is -1.39. The van der Waals surface area contributed by atoms with Crippen LogP contribution in [0.4, 0.5) is 0 Å². The number of nitrogens with one attached hydrogen (secondary N) is 1. The molecule has 9 heteroatoms. The van der Waals surface area contributed by atoms with Gasteiger partial charge < -0.3 is 15.8 Å². The first kappa shape index (κ1) is 11.6. The van der Waals surface area contributed by atoms with Crippen LogP contribution < -0.4 is 5.73 Å². The molecule has 0 bridgehead atoms. The van der Waals surface area contributed by atoms with Crippen molar-refractivity contribution >= 4 is 16.1 Å². The lowest BCUT2D eigenvalue weighted by Gasteiger charge is -2.02. The third-order valence-corrected chi connectivity index (χ3v) is 2.30. The van der Waals surface area contributed by atoms with Crippen LogP contribution in [0.5, 0.6) is 0 Å². The largest absolute Gasteiger partial charge is 0.480 e. The van der Waals surface area contributed by atoms with Crippen molar-refractivity contribution in [2.24, 2.45) is 5.73 Å². The number of nitrogens with zero attached hydrogens (tertiary/aromatic N) is 1. The van der Waals surface area contributed by atoms with E-state index in [0.717, 1.165) is 6.20 Å². The molecule has 1 rings (SSSR count). The van der Waals surface area contributed by atoms with Gasteiger partial charge in [-0.25, -0.2) is 4.98 Å². The van der Waals surface area contributed by atoms with E-state index in [4.69, 9.17) is 15.4 Å². The number of rotatable bonds is 4. The van der Waals surface area contributed by atoms with Crippen LogP contribution in [0.2, 0.25) is 0 Å². The van der Waals surface area contributed by atoms with Crippen molar-refractivity contribution in [2.45, 2.75) is 17.6 Å². The fraction of sp³-hybridized carbons (Fsp3) is 0.333. The van der Waals surface area contributed by atoms with E-state index in [1.54, 1.807) is 0 Å². The Hall–Kier alpha value is -1.45. The monoisotopic (exact) mass is 235 g/mol. The highest BCUT2D eigenvalue weighted by molar-refractivity contribution is 7.85. The second-order valence-electron chi connectivity index (χ2n) is 2.84. The summed E-state index contributed by atoms with van der Waals surface area (Å²) in [4.78, 5) is 16.0. The highest BCUT2D eigenvalue weighted by Crippen LogP contribution is 2.05. The van der Waals surface area contributed by atoms with Crippen LogP contribution in [-0.2, 0) is 21.3 Å². The Bertz CT molecular complexity index is 465. The van der Waals surface area contributed by atoms with Gasteiger partial charge in [0.15, 0.2) is 0 Å². The summed E-state index contributed by atoms with van der Waals surface area (Å²) in [5, 5.41) is 7.85. The maximum Gasteiger partial charge on any atom is 0.328 e. The van der Waals surface area contributed by atoms with E-state index < -0.39 is 27.3 Å². The zero-order chi connectivity index (χ0) is 11.6. The van der Waals surface area contributed by atoms with E-state index in [1.807, 2.05) is 0 Å². The normalized spacial score (nSPS) is 13.7. The minimum atomic E-state index is -4.39. The van der Waals surface area contributed by atoms with Gasteiger partial charge in [0.2, 0.25) is 0 Å². The van der Waals surface area contributed by atoms with E-state index in [0.29, 0.717) is 0 Å². The standard InChI is InChI=1S/C6H9N3O5S/c7-4(5(10)11)1-3-2-8-6(9-3)15(12,13)14/h2,4H,1,7H2,(H,8,9)(H,10,11)(H,12,13,14)/t4-/m1/s1. The van der Waals surface area contributed by atoms with Gasteiger partial charge in [0.1, 0.15) is 6.04 Å². The first-order chi connectivity index (χ1) is 6.80. The van der Waals surface area contributed by atoms with Crippen molar-refractivity contribution in [3.05, 3.63) is 11.9 Å². The molecule has 0 fully saturated rings. The van der Waals surface area contributed by atoms with Crippen molar-refractivity contribution in [1.29, 1.82) is 0 Å². The number of hydrogen-bond donors (Lipinski definition) is 4. The molecule has 15 heavy (non-hydrogen) atoms. The van der Waals surface area contributed by atoms with Gasteiger partial charge in [0, 0.05) is 18.3 Å². The van der Waals surface area contributed by atoms with Gasteiger partial charge in [-0.15, -0.1) is 0 Å². The second-order valence-corrected chi connectivity index (χ2v) is 4.17. The Kier molecular flexibility index (Phi) is 3.07. The number of carbonyl (C=O) groups is 1. The highest BCUT2D eigenvalue weighted by atomic mass is 32.2. The van der Waals surface area contributed by atoms with Gasteiger partial charge in [-0.05, 0) is 0 Å². The third kappa shape index (κ3) is 3.01. The van der Waals surface area contributed by atoms with Gasteiger partial charge >= 0.3 is 16.1 Å². The number of hydrogen-bond acceptors (Lipinski definition) is 5. The molecule has 1 atom stereocenters. The molecule has 0 aliphatic carbocycles. The van der Waals surface area contributed by atoms with E-state index in [-0.39, 0.29) is 12.1 Å². The molecular formula is C6H9N3O5S. The molecule has 1 aromatic rings. The summed E-state index contributed by atoms with van der Waals surface area (Å²) >= 11 is 0. The first-order valence-corrected chi connectivity index (χ1v) is 5.24. The number of nitrogens with two attached hydrogens (primary N) is 1. The lowest BCUT2D eigenvalue weighted by Crippen LogP contribution is -2.32. The van der Waals surface area contributed by atoms with Crippen molar-refractivity contribution < 1.29 is 22.9 Å². The molecule has 0 aliphatic heterocycles. The number of carboxylic acids is 1. The van der Waals surface area contributed by atoms with Crippen LogP contribution in [0.15, 0.2) is 11.4 Å². The van der Waals surface area contributed by atoms with Crippen molar-refractivity contribution in [1.82, 2.24) is 9.97 Å². The quantitative estimate of drug-likeness (QED) is 0.470. The van der Waals surface area contributed by atoms with E-state index in [2.05, 4.69) is 9.97 Å². The molecule has 0 aromatic carbocycles. The number of H-pyrrole nitrogens is 1. The summed E-state index contributed by atoms with van der Waals surface area (Å²) in [6.07, 6.45) is 1.00. The molecule has 0 aliphatic rings. The van der Waals surface area contributed by atoms with E-state index in [9.17, 15) is 13.2 Å². The van der Waals surface area contributed by atoms with Crippen molar-refractivity contribution in [3.8, 4) is 0 Å². The lowest BCUT2D eigenvalue weighted by molar-refractivity contribution is -0.138. The van der Waals surface area contributed by atoms with Crippen LogP contribution in [-0.4, -0.2) is 40.1 Å². The molecule has 0 amide bonds. The van der Waals surface area contributed by atoms with Crippen LogP contribution in [0.25, 0.3) is 0 Å². The number of carboxylic acid groups (broad SMARTS) is 1. The summed E-state index contributed by atoms with van der Waals surface area (Å²) in [7, 11) is -4.39. The van der Waals surface area contributed by atoms with E-state index >= 15 is 0 Å². The molecule has 1 heterocycles. The fourth-order valence-electron chi connectivity index (χ4n) is 0.898. The Labute approximate surface area is 84.9 Å². The Morgan fingerprint density at radius 3 is 2.67 bits per heavy atom. The van der Waals surface area contributed by atoms with Crippen molar-refractivity contribution in [3.63, 3.8) is 0 Å². The van der Waals surface area contributed by atoms with Gasteiger partial charge in [-0.2, -0.15) is 8.42 Å². The minimum Gasteiger partial charge on any atom is -0.480 e. The molecule has 8 nitrogen and oxygen atoms in total. The fourth-order valence-corrected chi connectivity index (χ4v) is 1.34. The summed E-state index contributed by atoms with van der Waals surface area (Å²) in [6.45, 7) is 0. The summed E-state index contributed by atoms with van der Waals surface area (Å²) < 4.78 is 29.7. The van der Waals surface area contributed by atoms with Crippen LogP contribution in [0.3, 0.4) is 0 Å². The Morgan fingerprint density at radius 2 is 2.27 bits per heavy atom. The first-order valence-electron chi connectivity index (χ1n) is 3.80. The Balaban J connectivity index is 2.82. The maximum absolute atomic E-state index is 10.6.